The van der Waals surface area contributed by atoms with Crippen LogP contribution in [-0.2, 0) is 0 Å². The van der Waals surface area contributed by atoms with Gasteiger partial charge in [-0.25, -0.2) is 4.98 Å². The minimum atomic E-state index is 0.503. The van der Waals surface area contributed by atoms with E-state index in [1.54, 1.807) is 13.3 Å². The molecule has 0 amide bonds. The number of rotatable bonds is 6. The number of methoxy groups -OCH3 is 1. The molecule has 0 spiro atoms. The predicted molar refractivity (Wildman–Crippen MR) is 67.6 cm³/mol. The van der Waals surface area contributed by atoms with Gasteiger partial charge in [0.15, 0.2) is 0 Å². The van der Waals surface area contributed by atoms with E-state index in [0.717, 1.165) is 17.4 Å². The van der Waals surface area contributed by atoms with Gasteiger partial charge in [0.05, 0.1) is 17.8 Å². The molecule has 0 aliphatic carbocycles. The van der Waals surface area contributed by atoms with Crippen molar-refractivity contribution < 1.29 is 4.74 Å². The van der Waals surface area contributed by atoms with E-state index < -0.39 is 0 Å². The van der Waals surface area contributed by atoms with Gasteiger partial charge in [0.25, 0.3) is 0 Å². The third-order valence-electron chi connectivity index (χ3n) is 2.17. The maximum absolute atomic E-state index is 5.48. The zero-order valence-electron chi connectivity index (χ0n) is 9.53. The highest BCUT2D eigenvalue weighted by Crippen LogP contribution is 2.21. The van der Waals surface area contributed by atoms with Crippen molar-refractivity contribution in [3.05, 3.63) is 10.7 Å². The Labute approximate surface area is 104 Å². The smallest absolute Gasteiger partial charge is 0.232 e. The van der Waals surface area contributed by atoms with Gasteiger partial charge < -0.3 is 15.8 Å². The lowest BCUT2D eigenvalue weighted by Crippen LogP contribution is -2.16. The Balaban J connectivity index is 2.54. The number of anilines is 1. The number of nitrogens with two attached hydrogens (primary N) is 1. The molecule has 16 heavy (non-hydrogen) atoms. The first kappa shape index (κ1) is 13.2. The molecule has 0 aliphatic heterocycles. The predicted octanol–water partition coefficient (Wildman–Crippen LogP) is 1.64. The summed E-state index contributed by atoms with van der Waals surface area (Å²) in [5.74, 6) is 1.61. The van der Waals surface area contributed by atoms with E-state index in [9.17, 15) is 0 Å². The topological polar surface area (TPSA) is 73.1 Å². The van der Waals surface area contributed by atoms with Crippen LogP contribution in [0.15, 0.2) is 10.7 Å². The Morgan fingerprint density at radius 1 is 1.62 bits per heavy atom. The third kappa shape index (κ3) is 3.94. The van der Waals surface area contributed by atoms with Crippen LogP contribution in [-0.4, -0.2) is 30.2 Å². The van der Waals surface area contributed by atoms with Crippen LogP contribution in [0.3, 0.4) is 0 Å². The Morgan fingerprint density at radius 2 is 2.38 bits per heavy atom. The van der Waals surface area contributed by atoms with Crippen molar-refractivity contribution in [2.75, 3.05) is 25.5 Å². The first-order chi connectivity index (χ1) is 7.67. The van der Waals surface area contributed by atoms with Crippen molar-refractivity contribution in [1.82, 2.24) is 9.97 Å². The van der Waals surface area contributed by atoms with Crippen LogP contribution in [0.5, 0.6) is 5.88 Å². The van der Waals surface area contributed by atoms with Crippen LogP contribution in [0, 0.1) is 5.92 Å². The lowest BCUT2D eigenvalue weighted by Gasteiger charge is -2.11. The molecule has 0 saturated carbocycles. The third-order valence-corrected chi connectivity index (χ3v) is 2.72. The van der Waals surface area contributed by atoms with E-state index in [1.807, 2.05) is 0 Å². The van der Waals surface area contributed by atoms with E-state index in [4.69, 9.17) is 10.5 Å². The van der Waals surface area contributed by atoms with Gasteiger partial charge in [-0.3, -0.25) is 0 Å². The van der Waals surface area contributed by atoms with E-state index in [2.05, 4.69) is 38.1 Å². The maximum atomic E-state index is 5.48. The van der Waals surface area contributed by atoms with E-state index in [0.29, 0.717) is 24.3 Å². The van der Waals surface area contributed by atoms with Gasteiger partial charge in [-0.1, -0.05) is 6.92 Å². The molecule has 0 fully saturated rings. The summed E-state index contributed by atoms with van der Waals surface area (Å²) in [6.45, 7) is 3.64. The molecule has 1 atom stereocenters. The normalized spacial score (nSPS) is 12.2. The fraction of sp³-hybridized carbons (Fsp3) is 0.600. The molecular weight excluding hydrogens is 272 g/mol. The van der Waals surface area contributed by atoms with Gasteiger partial charge >= 0.3 is 0 Å². The average Bonchev–Trinajstić information content (AvgIpc) is 2.28. The minimum absolute atomic E-state index is 0.503. The van der Waals surface area contributed by atoms with Gasteiger partial charge in [0.1, 0.15) is 0 Å². The van der Waals surface area contributed by atoms with Crippen molar-refractivity contribution in [2.24, 2.45) is 11.7 Å². The monoisotopic (exact) mass is 288 g/mol. The second-order valence-electron chi connectivity index (χ2n) is 3.61. The molecule has 1 heterocycles. The summed E-state index contributed by atoms with van der Waals surface area (Å²) >= 11 is 3.30. The van der Waals surface area contributed by atoms with Gasteiger partial charge in [-0.05, 0) is 34.8 Å². The number of nitrogens with one attached hydrogen (secondary N) is 1. The SMILES string of the molecule is COc1nc(NCC(C)CCN)ncc1Br. The second kappa shape index (κ2) is 6.65. The molecule has 0 bridgehead atoms. The number of hydrogen-bond acceptors (Lipinski definition) is 5. The summed E-state index contributed by atoms with van der Waals surface area (Å²) in [5, 5.41) is 3.15. The molecule has 90 valence electrons. The van der Waals surface area contributed by atoms with Gasteiger partial charge in [0, 0.05) is 6.54 Å². The van der Waals surface area contributed by atoms with Crippen molar-refractivity contribution >= 4 is 21.9 Å². The molecule has 0 aliphatic rings. The highest BCUT2D eigenvalue weighted by Gasteiger charge is 2.06. The van der Waals surface area contributed by atoms with E-state index in [-0.39, 0.29) is 0 Å². The quantitative estimate of drug-likeness (QED) is 0.833. The Hall–Kier alpha value is -0.880. The van der Waals surface area contributed by atoms with E-state index in [1.165, 1.54) is 0 Å². The van der Waals surface area contributed by atoms with Crippen LogP contribution in [0.25, 0.3) is 0 Å². The number of ether oxygens (including phenoxy) is 1. The molecule has 3 N–H and O–H groups in total. The van der Waals surface area contributed by atoms with Crippen molar-refractivity contribution in [3.63, 3.8) is 0 Å². The lowest BCUT2D eigenvalue weighted by atomic mass is 10.1. The van der Waals surface area contributed by atoms with E-state index >= 15 is 0 Å². The van der Waals surface area contributed by atoms with Crippen LogP contribution in [0.2, 0.25) is 0 Å². The lowest BCUT2D eigenvalue weighted by molar-refractivity contribution is 0.394. The zero-order valence-corrected chi connectivity index (χ0v) is 11.1. The molecule has 1 unspecified atom stereocenters. The first-order valence-corrected chi connectivity index (χ1v) is 5.97. The Morgan fingerprint density at radius 3 is 3.00 bits per heavy atom. The van der Waals surface area contributed by atoms with Crippen molar-refractivity contribution in [1.29, 1.82) is 0 Å². The molecule has 0 aromatic carbocycles. The minimum Gasteiger partial charge on any atom is -0.480 e. The van der Waals surface area contributed by atoms with Crippen molar-refractivity contribution in [2.45, 2.75) is 13.3 Å². The molecule has 1 aromatic heterocycles. The summed E-state index contributed by atoms with van der Waals surface area (Å²) in [5.41, 5.74) is 5.48. The van der Waals surface area contributed by atoms with Gasteiger partial charge in [-0.2, -0.15) is 4.98 Å². The molecular formula is C10H17BrN4O. The fourth-order valence-electron chi connectivity index (χ4n) is 1.23. The number of nitrogens with zero attached hydrogens (tertiary/aromatic N) is 2. The van der Waals surface area contributed by atoms with Gasteiger partial charge in [-0.15, -0.1) is 0 Å². The number of hydrogen-bond donors (Lipinski definition) is 2. The van der Waals surface area contributed by atoms with Crippen LogP contribution in [0.1, 0.15) is 13.3 Å². The number of aromatic nitrogens is 2. The average molecular weight is 289 g/mol. The highest BCUT2D eigenvalue weighted by atomic mass is 79.9. The standard InChI is InChI=1S/C10H17BrN4O/c1-7(3-4-12)5-13-10-14-6-8(11)9(15-10)16-2/h6-7H,3-5,12H2,1-2H3,(H,13,14,15). The van der Waals surface area contributed by atoms with Crippen LogP contribution >= 0.6 is 15.9 Å². The largest absolute Gasteiger partial charge is 0.480 e. The molecule has 1 aromatic rings. The summed E-state index contributed by atoms with van der Waals surface area (Å²) in [4.78, 5) is 8.34. The molecule has 6 heteroatoms. The first-order valence-electron chi connectivity index (χ1n) is 5.17. The molecule has 5 nitrogen and oxygen atoms in total. The number of halogens is 1. The highest BCUT2D eigenvalue weighted by molar-refractivity contribution is 9.10. The second-order valence-corrected chi connectivity index (χ2v) is 4.47. The zero-order chi connectivity index (χ0) is 12.0. The Bertz CT molecular complexity index is 335. The summed E-state index contributed by atoms with van der Waals surface area (Å²) in [6.07, 6.45) is 2.66. The molecule has 1 rings (SSSR count). The Kier molecular flexibility index (Phi) is 5.48. The molecule has 0 saturated heterocycles. The van der Waals surface area contributed by atoms with Crippen molar-refractivity contribution in [3.8, 4) is 5.88 Å². The van der Waals surface area contributed by atoms with Crippen LogP contribution in [0.4, 0.5) is 5.95 Å². The molecule has 0 radical (unpaired) electrons. The van der Waals surface area contributed by atoms with Gasteiger partial charge in [0.2, 0.25) is 11.8 Å². The summed E-state index contributed by atoms with van der Waals surface area (Å²) < 4.78 is 5.83. The van der Waals surface area contributed by atoms with Crippen LogP contribution < -0.4 is 15.8 Å². The summed E-state index contributed by atoms with van der Waals surface area (Å²) in [6, 6.07) is 0. The fourth-order valence-corrected chi connectivity index (χ4v) is 1.58. The summed E-state index contributed by atoms with van der Waals surface area (Å²) in [7, 11) is 1.58. The maximum Gasteiger partial charge on any atom is 0.232 e.